The van der Waals surface area contributed by atoms with Gasteiger partial charge in [0.15, 0.2) is 0 Å². The number of hydrogen-bond acceptors (Lipinski definition) is 5. The summed E-state index contributed by atoms with van der Waals surface area (Å²) in [6, 6.07) is 5.46. The summed E-state index contributed by atoms with van der Waals surface area (Å²) in [6.45, 7) is 2.02. The van der Waals surface area contributed by atoms with E-state index in [4.69, 9.17) is 10.00 Å². The molecule has 2 heterocycles. The lowest BCUT2D eigenvalue weighted by Crippen LogP contribution is -2.41. The van der Waals surface area contributed by atoms with Crippen LogP contribution < -0.4 is 5.32 Å². The first-order valence-electron chi connectivity index (χ1n) is 6.06. The van der Waals surface area contributed by atoms with Crippen LogP contribution in [0.25, 0.3) is 0 Å². The standard InChI is InChI=1S/C13H13BrN4O2/c14-11-1-2-16-12(7-11)17-9-10(8-15)13(19)18-3-5-20-6-4-18/h1-2,7,9H,3-6H2,(H,16,17)/b10-9-. The Morgan fingerprint density at radius 2 is 2.30 bits per heavy atom. The number of nitrogens with one attached hydrogen (secondary N) is 1. The third-order valence-corrected chi connectivity index (χ3v) is 3.23. The second kappa shape index (κ2) is 7.03. The molecule has 1 aromatic rings. The Bertz CT molecular complexity index is 562. The van der Waals surface area contributed by atoms with E-state index in [-0.39, 0.29) is 11.5 Å². The fourth-order valence-electron chi connectivity index (χ4n) is 1.71. The van der Waals surface area contributed by atoms with Gasteiger partial charge in [0.2, 0.25) is 0 Å². The van der Waals surface area contributed by atoms with Crippen molar-refractivity contribution in [2.75, 3.05) is 31.6 Å². The largest absolute Gasteiger partial charge is 0.378 e. The third-order valence-electron chi connectivity index (χ3n) is 2.74. The van der Waals surface area contributed by atoms with Gasteiger partial charge in [0.05, 0.1) is 13.2 Å². The van der Waals surface area contributed by atoms with Gasteiger partial charge < -0.3 is 15.0 Å². The first-order chi connectivity index (χ1) is 9.70. The number of anilines is 1. The van der Waals surface area contributed by atoms with Crippen LogP contribution in [0.1, 0.15) is 0 Å². The first kappa shape index (κ1) is 14.5. The number of rotatable bonds is 3. The number of ether oxygens (including phenoxy) is 1. The lowest BCUT2D eigenvalue weighted by Gasteiger charge is -2.26. The Morgan fingerprint density at radius 3 is 2.95 bits per heavy atom. The van der Waals surface area contributed by atoms with Gasteiger partial charge in [-0.05, 0) is 12.1 Å². The molecule has 1 aromatic heterocycles. The third kappa shape index (κ3) is 3.79. The van der Waals surface area contributed by atoms with Gasteiger partial charge in [-0.1, -0.05) is 15.9 Å². The van der Waals surface area contributed by atoms with Crippen molar-refractivity contribution in [3.8, 4) is 6.07 Å². The Morgan fingerprint density at radius 1 is 1.55 bits per heavy atom. The van der Waals surface area contributed by atoms with Crippen molar-refractivity contribution in [2.24, 2.45) is 0 Å². The molecular weight excluding hydrogens is 324 g/mol. The predicted molar refractivity (Wildman–Crippen MR) is 76.7 cm³/mol. The normalized spacial score (nSPS) is 15.6. The zero-order valence-electron chi connectivity index (χ0n) is 10.7. The maximum Gasteiger partial charge on any atom is 0.266 e. The molecule has 0 saturated carbocycles. The van der Waals surface area contributed by atoms with Crippen molar-refractivity contribution in [3.05, 3.63) is 34.6 Å². The maximum atomic E-state index is 12.1. The molecule has 0 spiro atoms. The second-order valence-electron chi connectivity index (χ2n) is 4.08. The first-order valence-corrected chi connectivity index (χ1v) is 6.85. The van der Waals surface area contributed by atoms with E-state index in [1.165, 1.54) is 6.20 Å². The fraction of sp³-hybridized carbons (Fsp3) is 0.308. The fourth-order valence-corrected chi connectivity index (χ4v) is 2.04. The van der Waals surface area contributed by atoms with Crippen molar-refractivity contribution in [3.63, 3.8) is 0 Å². The molecule has 0 radical (unpaired) electrons. The molecule has 1 amide bonds. The minimum atomic E-state index is -0.293. The van der Waals surface area contributed by atoms with Gasteiger partial charge in [0.1, 0.15) is 17.5 Å². The number of morpholine rings is 1. The average molecular weight is 337 g/mol. The number of hydrogen-bond donors (Lipinski definition) is 1. The highest BCUT2D eigenvalue weighted by atomic mass is 79.9. The van der Waals surface area contributed by atoms with E-state index < -0.39 is 0 Å². The van der Waals surface area contributed by atoms with Gasteiger partial charge in [0.25, 0.3) is 5.91 Å². The Kier molecular flexibility index (Phi) is 5.09. The Labute approximate surface area is 125 Å². The number of amides is 1. The van der Waals surface area contributed by atoms with Crippen LogP contribution in [0.4, 0.5) is 5.82 Å². The van der Waals surface area contributed by atoms with Gasteiger partial charge >= 0.3 is 0 Å². The number of pyridine rings is 1. The van der Waals surface area contributed by atoms with Crippen LogP contribution in [0.5, 0.6) is 0 Å². The molecule has 0 unspecified atom stereocenters. The molecule has 0 aliphatic carbocycles. The lowest BCUT2D eigenvalue weighted by molar-refractivity contribution is -0.130. The monoisotopic (exact) mass is 336 g/mol. The van der Waals surface area contributed by atoms with E-state index in [1.54, 1.807) is 23.2 Å². The second-order valence-corrected chi connectivity index (χ2v) is 4.99. The maximum absolute atomic E-state index is 12.1. The number of nitrogens with zero attached hydrogens (tertiary/aromatic N) is 3. The summed E-state index contributed by atoms with van der Waals surface area (Å²) >= 11 is 3.32. The minimum absolute atomic E-state index is 0.0497. The molecule has 1 N–H and O–H groups in total. The summed E-state index contributed by atoms with van der Waals surface area (Å²) in [7, 11) is 0. The highest BCUT2D eigenvalue weighted by Gasteiger charge is 2.20. The molecular formula is C13H13BrN4O2. The van der Waals surface area contributed by atoms with Crippen molar-refractivity contribution in [2.45, 2.75) is 0 Å². The highest BCUT2D eigenvalue weighted by Crippen LogP contribution is 2.13. The van der Waals surface area contributed by atoms with Crippen LogP contribution >= 0.6 is 15.9 Å². The molecule has 1 saturated heterocycles. The minimum Gasteiger partial charge on any atom is -0.378 e. The van der Waals surface area contributed by atoms with Gasteiger partial charge in [-0.2, -0.15) is 5.26 Å². The summed E-state index contributed by atoms with van der Waals surface area (Å²) in [5.41, 5.74) is 0.0497. The zero-order valence-corrected chi connectivity index (χ0v) is 12.3. The number of carbonyl (C=O) groups is 1. The zero-order chi connectivity index (χ0) is 14.4. The molecule has 7 heteroatoms. The molecule has 2 rings (SSSR count). The molecule has 1 aliphatic rings. The van der Waals surface area contributed by atoms with Gasteiger partial charge in [0, 0.05) is 30.0 Å². The van der Waals surface area contributed by atoms with Crippen molar-refractivity contribution in [1.29, 1.82) is 5.26 Å². The van der Waals surface area contributed by atoms with E-state index in [0.29, 0.717) is 32.1 Å². The van der Waals surface area contributed by atoms with Crippen molar-refractivity contribution < 1.29 is 9.53 Å². The van der Waals surface area contributed by atoms with Crippen LogP contribution in [-0.2, 0) is 9.53 Å². The summed E-state index contributed by atoms with van der Waals surface area (Å²) in [5, 5.41) is 11.9. The summed E-state index contributed by atoms with van der Waals surface area (Å²) in [4.78, 5) is 17.8. The van der Waals surface area contributed by atoms with E-state index in [9.17, 15) is 4.79 Å². The van der Waals surface area contributed by atoms with Crippen LogP contribution in [0.15, 0.2) is 34.6 Å². The van der Waals surface area contributed by atoms with E-state index in [1.807, 2.05) is 6.07 Å². The molecule has 0 aromatic carbocycles. The van der Waals surface area contributed by atoms with Crippen LogP contribution in [0.3, 0.4) is 0 Å². The van der Waals surface area contributed by atoms with E-state index >= 15 is 0 Å². The smallest absolute Gasteiger partial charge is 0.266 e. The number of aromatic nitrogens is 1. The SMILES string of the molecule is N#C/C(=C/Nc1cc(Br)ccn1)C(=O)N1CCOCC1. The van der Waals surface area contributed by atoms with E-state index in [2.05, 4.69) is 26.2 Å². The molecule has 0 bridgehead atoms. The van der Waals surface area contributed by atoms with Crippen LogP contribution in [0, 0.1) is 11.3 Å². The molecule has 104 valence electrons. The number of nitriles is 1. The summed E-state index contributed by atoms with van der Waals surface area (Å²) in [6.07, 6.45) is 3.00. The summed E-state index contributed by atoms with van der Waals surface area (Å²) in [5.74, 6) is 0.264. The van der Waals surface area contributed by atoms with Crippen molar-refractivity contribution in [1.82, 2.24) is 9.88 Å². The predicted octanol–water partition coefficient (Wildman–Crippen LogP) is 1.52. The molecule has 6 nitrogen and oxygen atoms in total. The number of carbonyl (C=O) groups excluding carboxylic acids is 1. The molecule has 1 aliphatic heterocycles. The Balaban J connectivity index is 2.05. The van der Waals surface area contributed by atoms with Crippen molar-refractivity contribution >= 4 is 27.7 Å². The average Bonchev–Trinajstić information content (AvgIpc) is 2.48. The molecule has 0 atom stereocenters. The van der Waals surface area contributed by atoms with E-state index in [0.717, 1.165) is 4.47 Å². The summed E-state index contributed by atoms with van der Waals surface area (Å²) < 4.78 is 6.04. The van der Waals surface area contributed by atoms with Gasteiger partial charge in [-0.15, -0.1) is 0 Å². The molecule has 20 heavy (non-hydrogen) atoms. The van der Waals surface area contributed by atoms with Crippen LogP contribution in [-0.4, -0.2) is 42.1 Å². The topological polar surface area (TPSA) is 78.2 Å². The quantitative estimate of drug-likeness (QED) is 0.668. The highest BCUT2D eigenvalue weighted by molar-refractivity contribution is 9.10. The van der Waals surface area contributed by atoms with Gasteiger partial charge in [-0.25, -0.2) is 4.98 Å². The molecule has 1 fully saturated rings. The van der Waals surface area contributed by atoms with Crippen LogP contribution in [0.2, 0.25) is 0 Å². The van der Waals surface area contributed by atoms with Gasteiger partial charge in [-0.3, -0.25) is 4.79 Å². The number of halogens is 1. The Hall–Kier alpha value is -1.91. The lowest BCUT2D eigenvalue weighted by atomic mass is 10.2.